The second-order valence-electron chi connectivity index (χ2n) is 4.88. The third kappa shape index (κ3) is 3.83. The van der Waals surface area contributed by atoms with Crippen LogP contribution in [0.3, 0.4) is 0 Å². The van der Waals surface area contributed by atoms with E-state index < -0.39 is 0 Å². The van der Waals surface area contributed by atoms with Crippen LogP contribution < -0.4 is 4.74 Å². The topological polar surface area (TPSA) is 53.1 Å². The minimum atomic E-state index is 0.555. The molecule has 0 fully saturated rings. The summed E-state index contributed by atoms with van der Waals surface area (Å²) < 4.78 is 12.8. The highest BCUT2D eigenvalue weighted by molar-refractivity contribution is 7.99. The van der Waals surface area contributed by atoms with Crippen molar-refractivity contribution in [2.24, 2.45) is 0 Å². The van der Waals surface area contributed by atoms with E-state index in [4.69, 9.17) is 20.8 Å². The number of hydrogen-bond donors (Lipinski definition) is 0. The number of thioether (sulfide) groups is 1. The fraction of sp³-hybridized carbons (Fsp3) is 0.176. The molecule has 0 atom stereocenters. The number of benzene rings is 1. The van der Waals surface area contributed by atoms with Crippen molar-refractivity contribution >= 4 is 23.4 Å². The molecule has 24 heavy (non-hydrogen) atoms. The Hall–Kier alpha value is -2.18. The van der Waals surface area contributed by atoms with Crippen LogP contribution in [0, 0.1) is 0 Å². The summed E-state index contributed by atoms with van der Waals surface area (Å²) in [5, 5.41) is 9.48. The van der Waals surface area contributed by atoms with Gasteiger partial charge in [-0.15, -0.1) is 10.2 Å². The van der Waals surface area contributed by atoms with Crippen molar-refractivity contribution in [2.45, 2.75) is 11.7 Å². The van der Waals surface area contributed by atoms with Gasteiger partial charge in [0.2, 0.25) is 0 Å². The smallest absolute Gasteiger partial charge is 0.192 e. The fourth-order valence-electron chi connectivity index (χ4n) is 2.23. The van der Waals surface area contributed by atoms with Gasteiger partial charge in [0.05, 0.1) is 19.9 Å². The highest BCUT2D eigenvalue weighted by Crippen LogP contribution is 2.27. The van der Waals surface area contributed by atoms with Crippen LogP contribution in [0.2, 0.25) is 0 Å². The van der Waals surface area contributed by atoms with E-state index in [9.17, 15) is 0 Å². The van der Waals surface area contributed by atoms with Crippen molar-refractivity contribution in [2.75, 3.05) is 12.9 Å². The van der Waals surface area contributed by atoms with E-state index in [0.717, 1.165) is 33.8 Å². The van der Waals surface area contributed by atoms with Gasteiger partial charge in [0, 0.05) is 16.9 Å². The molecule has 124 valence electrons. The first kappa shape index (κ1) is 16.7. The highest BCUT2D eigenvalue weighted by Gasteiger charge is 2.16. The molecule has 0 amide bonds. The van der Waals surface area contributed by atoms with Gasteiger partial charge < -0.3 is 9.15 Å². The number of rotatable bonds is 7. The number of aromatic nitrogens is 3. The lowest BCUT2D eigenvalue weighted by atomic mass is 10.2. The van der Waals surface area contributed by atoms with Crippen molar-refractivity contribution in [3.63, 3.8) is 0 Å². The van der Waals surface area contributed by atoms with Crippen LogP contribution >= 0.6 is 23.4 Å². The Balaban J connectivity index is 1.97. The maximum absolute atomic E-state index is 5.59. The summed E-state index contributed by atoms with van der Waals surface area (Å²) in [7, 11) is 1.65. The largest absolute Gasteiger partial charge is 0.497 e. The predicted octanol–water partition coefficient (Wildman–Crippen LogP) is 4.44. The zero-order valence-corrected chi connectivity index (χ0v) is 14.6. The van der Waals surface area contributed by atoms with Gasteiger partial charge in [0.1, 0.15) is 11.5 Å². The third-order valence-corrected chi connectivity index (χ3v) is 4.43. The summed E-state index contributed by atoms with van der Waals surface area (Å²) in [6.07, 6.45) is 3.53. The van der Waals surface area contributed by atoms with E-state index in [-0.39, 0.29) is 0 Å². The molecule has 0 saturated carbocycles. The summed E-state index contributed by atoms with van der Waals surface area (Å²) in [5.74, 6) is 3.11. The number of methoxy groups -OCH3 is 1. The fourth-order valence-corrected chi connectivity index (χ4v) is 3.17. The molecule has 5 nitrogen and oxygen atoms in total. The Kier molecular flexibility index (Phi) is 5.61. The molecule has 0 unspecified atom stereocenters. The first-order valence-electron chi connectivity index (χ1n) is 7.30. The van der Waals surface area contributed by atoms with Gasteiger partial charge in [-0.1, -0.05) is 41.6 Å². The van der Waals surface area contributed by atoms with Crippen LogP contribution in [0.15, 0.2) is 63.8 Å². The monoisotopic (exact) mass is 361 g/mol. The average molecular weight is 362 g/mol. The Morgan fingerprint density at radius 2 is 2.21 bits per heavy atom. The van der Waals surface area contributed by atoms with Gasteiger partial charge in [0.15, 0.2) is 11.0 Å². The SMILES string of the molecule is COc1cccc(-c2nnc(SC/C=C/Cl)n2Cc2ccco2)c1. The molecule has 0 spiro atoms. The molecule has 7 heteroatoms. The molecule has 0 N–H and O–H groups in total. The Labute approximate surface area is 149 Å². The standard InChI is InChI=1S/C17H16ClN3O2S/c1-22-14-6-2-5-13(11-14)16-19-20-17(24-10-4-8-18)21(16)12-15-7-3-9-23-15/h2-9,11H,10,12H2,1H3/b8-4+. The van der Waals surface area contributed by atoms with E-state index in [0.29, 0.717) is 6.54 Å². The Morgan fingerprint density at radius 1 is 1.29 bits per heavy atom. The lowest BCUT2D eigenvalue weighted by Gasteiger charge is -2.09. The van der Waals surface area contributed by atoms with Gasteiger partial charge in [0.25, 0.3) is 0 Å². The third-order valence-electron chi connectivity index (χ3n) is 3.34. The summed E-state index contributed by atoms with van der Waals surface area (Å²) in [6.45, 7) is 0.555. The summed E-state index contributed by atoms with van der Waals surface area (Å²) >= 11 is 7.16. The first-order chi connectivity index (χ1) is 11.8. The number of ether oxygens (including phenoxy) is 1. The maximum atomic E-state index is 5.59. The zero-order valence-electron chi connectivity index (χ0n) is 13.1. The van der Waals surface area contributed by atoms with Gasteiger partial charge >= 0.3 is 0 Å². The Bertz CT molecular complexity index is 815. The van der Waals surface area contributed by atoms with Gasteiger partial charge in [-0.25, -0.2) is 0 Å². The van der Waals surface area contributed by atoms with E-state index in [1.807, 2.05) is 47.0 Å². The van der Waals surface area contributed by atoms with Crippen LogP contribution in [0.5, 0.6) is 5.75 Å². The molecule has 3 rings (SSSR count). The molecule has 2 heterocycles. The van der Waals surface area contributed by atoms with Crippen molar-refractivity contribution in [3.05, 3.63) is 60.0 Å². The van der Waals surface area contributed by atoms with Crippen molar-refractivity contribution in [3.8, 4) is 17.1 Å². The average Bonchev–Trinajstić information content (AvgIpc) is 3.26. The van der Waals surface area contributed by atoms with Gasteiger partial charge in [-0.05, 0) is 24.3 Å². The Morgan fingerprint density at radius 3 is 2.96 bits per heavy atom. The second kappa shape index (κ2) is 8.08. The molecule has 0 aliphatic rings. The number of furan rings is 1. The van der Waals surface area contributed by atoms with E-state index in [2.05, 4.69) is 10.2 Å². The first-order valence-corrected chi connectivity index (χ1v) is 8.72. The molecule has 0 aliphatic heterocycles. The van der Waals surface area contributed by atoms with Crippen LogP contribution in [0.4, 0.5) is 0 Å². The van der Waals surface area contributed by atoms with Crippen molar-refractivity contribution in [1.82, 2.24) is 14.8 Å². The molecule has 0 radical (unpaired) electrons. The number of halogens is 1. The zero-order chi connectivity index (χ0) is 16.8. The molecular formula is C17H16ClN3O2S. The predicted molar refractivity (Wildman–Crippen MR) is 95.5 cm³/mol. The van der Waals surface area contributed by atoms with Crippen molar-refractivity contribution < 1.29 is 9.15 Å². The van der Waals surface area contributed by atoms with Crippen LogP contribution in [0.25, 0.3) is 11.4 Å². The number of nitrogens with zero attached hydrogens (tertiary/aromatic N) is 3. The van der Waals surface area contributed by atoms with E-state index in [1.165, 1.54) is 5.54 Å². The van der Waals surface area contributed by atoms with Crippen LogP contribution in [-0.4, -0.2) is 27.6 Å². The quantitative estimate of drug-likeness (QED) is 0.582. The molecule has 0 bridgehead atoms. The summed E-state index contributed by atoms with van der Waals surface area (Å²) in [5.41, 5.74) is 2.44. The number of hydrogen-bond acceptors (Lipinski definition) is 5. The molecule has 2 aromatic heterocycles. The second-order valence-corrected chi connectivity index (χ2v) is 6.12. The minimum Gasteiger partial charge on any atom is -0.497 e. The molecule has 0 saturated heterocycles. The summed E-state index contributed by atoms with van der Waals surface area (Å²) in [4.78, 5) is 0. The highest BCUT2D eigenvalue weighted by atomic mass is 35.5. The van der Waals surface area contributed by atoms with Crippen LogP contribution in [0.1, 0.15) is 5.76 Å². The normalized spacial score (nSPS) is 11.2. The summed E-state index contributed by atoms with van der Waals surface area (Å²) in [6, 6.07) is 11.6. The van der Waals surface area contributed by atoms with Gasteiger partial charge in [-0.3, -0.25) is 4.57 Å². The van der Waals surface area contributed by atoms with E-state index >= 15 is 0 Å². The van der Waals surface area contributed by atoms with E-state index in [1.54, 1.807) is 25.1 Å². The molecule has 1 aromatic carbocycles. The molecule has 0 aliphatic carbocycles. The van der Waals surface area contributed by atoms with Gasteiger partial charge in [-0.2, -0.15) is 0 Å². The molecular weight excluding hydrogens is 346 g/mol. The lowest BCUT2D eigenvalue weighted by molar-refractivity contribution is 0.415. The van der Waals surface area contributed by atoms with Crippen molar-refractivity contribution in [1.29, 1.82) is 0 Å². The lowest BCUT2D eigenvalue weighted by Crippen LogP contribution is -2.03. The minimum absolute atomic E-state index is 0.555. The maximum Gasteiger partial charge on any atom is 0.192 e. The molecule has 3 aromatic rings. The van der Waals surface area contributed by atoms with Crippen LogP contribution in [-0.2, 0) is 6.54 Å².